The second-order valence-corrected chi connectivity index (χ2v) is 7.09. The van der Waals surface area contributed by atoms with Crippen molar-refractivity contribution in [1.82, 2.24) is 0 Å². The number of anilines is 3. The van der Waals surface area contributed by atoms with E-state index in [2.05, 4.69) is 10.6 Å². The normalized spacial score (nSPS) is 13.9. The highest BCUT2D eigenvalue weighted by atomic mass is 35.5. The van der Waals surface area contributed by atoms with Crippen LogP contribution < -0.4 is 15.5 Å². The molecule has 0 aromatic heterocycles. The highest BCUT2D eigenvalue weighted by Crippen LogP contribution is 2.31. The van der Waals surface area contributed by atoms with Gasteiger partial charge in [-0.3, -0.25) is 9.59 Å². The predicted octanol–water partition coefficient (Wildman–Crippen LogP) is 4.34. The molecule has 1 aliphatic rings. The molecule has 0 fully saturated rings. The number of rotatable bonds is 4. The maximum Gasteiger partial charge on any atom is 0.246 e. The molecule has 26 heavy (non-hydrogen) atoms. The number of nitrogens with one attached hydrogen (secondary N) is 2. The van der Waals surface area contributed by atoms with E-state index in [0.717, 1.165) is 23.4 Å². The first-order chi connectivity index (χ1) is 12.3. The van der Waals surface area contributed by atoms with Crippen LogP contribution in [0.3, 0.4) is 0 Å². The second kappa shape index (κ2) is 7.56. The minimum absolute atomic E-state index is 0.0376. The van der Waals surface area contributed by atoms with E-state index in [9.17, 15) is 9.59 Å². The Bertz CT molecular complexity index is 870. The first-order valence-electron chi connectivity index (χ1n) is 8.28. The van der Waals surface area contributed by atoms with Crippen LogP contribution in [-0.4, -0.2) is 24.4 Å². The van der Waals surface area contributed by atoms with Crippen LogP contribution in [0.2, 0.25) is 10.0 Å². The largest absolute Gasteiger partial charge is 0.374 e. The Balaban J connectivity index is 1.68. The molecule has 3 rings (SSSR count). The number of hydrogen-bond acceptors (Lipinski definition) is 3. The van der Waals surface area contributed by atoms with Crippen molar-refractivity contribution in [3.8, 4) is 0 Å². The van der Waals surface area contributed by atoms with Crippen molar-refractivity contribution in [3.63, 3.8) is 0 Å². The van der Waals surface area contributed by atoms with Gasteiger partial charge in [0.1, 0.15) is 6.04 Å². The van der Waals surface area contributed by atoms with E-state index in [4.69, 9.17) is 23.2 Å². The number of benzene rings is 2. The minimum Gasteiger partial charge on any atom is -0.374 e. The Morgan fingerprint density at radius 1 is 1.15 bits per heavy atom. The standard InChI is InChI=1S/C19H19Cl2N3O2/c1-11(19(26)23-17-10-14(20)3-5-16(17)21)22-15-4-6-18-13(9-15)7-8-24(18)12(2)25/h3-6,9-11,22H,7-8H2,1-2H3,(H,23,26). The van der Waals surface area contributed by atoms with Crippen LogP contribution in [0.4, 0.5) is 17.1 Å². The summed E-state index contributed by atoms with van der Waals surface area (Å²) in [5, 5.41) is 6.88. The van der Waals surface area contributed by atoms with E-state index in [1.807, 2.05) is 18.2 Å². The average molecular weight is 392 g/mol. The maximum absolute atomic E-state index is 12.4. The molecule has 0 saturated carbocycles. The first kappa shape index (κ1) is 18.5. The van der Waals surface area contributed by atoms with Gasteiger partial charge in [0.15, 0.2) is 0 Å². The van der Waals surface area contributed by atoms with Gasteiger partial charge in [0, 0.05) is 29.9 Å². The fourth-order valence-corrected chi connectivity index (χ4v) is 3.31. The SMILES string of the molecule is CC(=O)N1CCc2cc(NC(C)C(=O)Nc3cc(Cl)ccc3Cl)ccc21. The molecule has 5 nitrogen and oxygen atoms in total. The Morgan fingerprint density at radius 3 is 2.65 bits per heavy atom. The van der Waals surface area contributed by atoms with Crippen molar-refractivity contribution >= 4 is 52.1 Å². The molecule has 1 unspecified atom stereocenters. The van der Waals surface area contributed by atoms with Gasteiger partial charge in [-0.05, 0) is 55.3 Å². The van der Waals surface area contributed by atoms with Crippen molar-refractivity contribution in [2.75, 3.05) is 22.1 Å². The van der Waals surface area contributed by atoms with E-state index in [1.54, 1.807) is 36.9 Å². The van der Waals surface area contributed by atoms with Crippen molar-refractivity contribution in [2.45, 2.75) is 26.3 Å². The van der Waals surface area contributed by atoms with Gasteiger partial charge in [-0.1, -0.05) is 23.2 Å². The summed E-state index contributed by atoms with van der Waals surface area (Å²) >= 11 is 12.0. The molecule has 0 radical (unpaired) electrons. The zero-order valence-electron chi connectivity index (χ0n) is 14.5. The second-order valence-electron chi connectivity index (χ2n) is 6.24. The summed E-state index contributed by atoms with van der Waals surface area (Å²) in [5.41, 5.74) is 3.33. The third-order valence-corrected chi connectivity index (χ3v) is 4.88. The summed E-state index contributed by atoms with van der Waals surface area (Å²) in [7, 11) is 0. The molecule has 7 heteroatoms. The molecular weight excluding hydrogens is 373 g/mol. The molecular formula is C19H19Cl2N3O2. The van der Waals surface area contributed by atoms with Crippen LogP contribution in [0.15, 0.2) is 36.4 Å². The summed E-state index contributed by atoms with van der Waals surface area (Å²) in [6.07, 6.45) is 0.809. The number of fused-ring (bicyclic) bond motifs is 1. The van der Waals surface area contributed by atoms with Crippen LogP contribution in [0.5, 0.6) is 0 Å². The van der Waals surface area contributed by atoms with Gasteiger partial charge in [-0.2, -0.15) is 0 Å². The van der Waals surface area contributed by atoms with Crippen LogP contribution in [0.25, 0.3) is 0 Å². The minimum atomic E-state index is -0.478. The van der Waals surface area contributed by atoms with E-state index in [1.165, 1.54) is 0 Å². The van der Waals surface area contributed by atoms with Crippen LogP contribution in [-0.2, 0) is 16.0 Å². The predicted molar refractivity (Wildman–Crippen MR) is 106 cm³/mol. The quantitative estimate of drug-likeness (QED) is 0.814. The third-order valence-electron chi connectivity index (χ3n) is 4.32. The number of carbonyl (C=O) groups excluding carboxylic acids is 2. The highest BCUT2D eigenvalue weighted by Gasteiger charge is 2.23. The highest BCUT2D eigenvalue weighted by molar-refractivity contribution is 6.35. The lowest BCUT2D eigenvalue weighted by Gasteiger charge is -2.18. The summed E-state index contributed by atoms with van der Waals surface area (Å²) in [5.74, 6) is -0.185. The van der Waals surface area contributed by atoms with Crippen molar-refractivity contribution in [3.05, 3.63) is 52.0 Å². The number of halogens is 2. The van der Waals surface area contributed by atoms with E-state index < -0.39 is 6.04 Å². The van der Waals surface area contributed by atoms with Crippen LogP contribution in [0, 0.1) is 0 Å². The maximum atomic E-state index is 12.4. The molecule has 2 N–H and O–H groups in total. The molecule has 1 aliphatic heterocycles. The number of hydrogen-bond donors (Lipinski definition) is 2. The van der Waals surface area contributed by atoms with E-state index >= 15 is 0 Å². The lowest BCUT2D eigenvalue weighted by Crippen LogP contribution is -2.32. The molecule has 136 valence electrons. The van der Waals surface area contributed by atoms with E-state index in [-0.39, 0.29) is 11.8 Å². The molecule has 2 aromatic carbocycles. The smallest absolute Gasteiger partial charge is 0.246 e. The lowest BCUT2D eigenvalue weighted by molar-refractivity contribution is -0.117. The molecule has 0 aliphatic carbocycles. The molecule has 2 amide bonds. The Kier molecular flexibility index (Phi) is 5.39. The topological polar surface area (TPSA) is 61.4 Å². The first-order valence-corrected chi connectivity index (χ1v) is 9.04. The van der Waals surface area contributed by atoms with Gasteiger partial charge < -0.3 is 15.5 Å². The summed E-state index contributed by atoms with van der Waals surface area (Å²) < 4.78 is 0. The molecule has 0 spiro atoms. The molecule has 1 atom stereocenters. The fourth-order valence-electron chi connectivity index (χ4n) is 2.97. The lowest BCUT2D eigenvalue weighted by atomic mass is 10.1. The van der Waals surface area contributed by atoms with Gasteiger partial charge in [0.05, 0.1) is 10.7 Å². The van der Waals surface area contributed by atoms with Crippen LogP contribution in [0.1, 0.15) is 19.4 Å². The third kappa shape index (κ3) is 3.94. The zero-order chi connectivity index (χ0) is 18.8. The molecule has 0 saturated heterocycles. The molecule has 2 aromatic rings. The number of amides is 2. The monoisotopic (exact) mass is 391 g/mol. The van der Waals surface area contributed by atoms with Gasteiger partial charge in [-0.15, -0.1) is 0 Å². The summed E-state index contributed by atoms with van der Waals surface area (Å²) in [4.78, 5) is 25.8. The average Bonchev–Trinajstić information content (AvgIpc) is 3.01. The van der Waals surface area contributed by atoms with Gasteiger partial charge in [-0.25, -0.2) is 0 Å². The molecule has 0 bridgehead atoms. The zero-order valence-corrected chi connectivity index (χ0v) is 16.0. The Morgan fingerprint density at radius 2 is 1.92 bits per heavy atom. The Labute approximate surface area is 162 Å². The summed E-state index contributed by atoms with van der Waals surface area (Å²) in [6.45, 7) is 4.02. The van der Waals surface area contributed by atoms with Crippen molar-refractivity contribution in [1.29, 1.82) is 0 Å². The van der Waals surface area contributed by atoms with Crippen molar-refractivity contribution in [2.24, 2.45) is 0 Å². The Hall–Kier alpha value is -2.24. The van der Waals surface area contributed by atoms with Crippen molar-refractivity contribution < 1.29 is 9.59 Å². The van der Waals surface area contributed by atoms with E-state index in [0.29, 0.717) is 22.3 Å². The van der Waals surface area contributed by atoms with Gasteiger partial charge in [0.25, 0.3) is 0 Å². The fraction of sp³-hybridized carbons (Fsp3) is 0.263. The van der Waals surface area contributed by atoms with Gasteiger partial charge in [0.2, 0.25) is 11.8 Å². The number of carbonyl (C=O) groups is 2. The molecule has 1 heterocycles. The number of nitrogens with zero attached hydrogens (tertiary/aromatic N) is 1. The van der Waals surface area contributed by atoms with Gasteiger partial charge >= 0.3 is 0 Å². The van der Waals surface area contributed by atoms with Crippen LogP contribution >= 0.6 is 23.2 Å². The summed E-state index contributed by atoms with van der Waals surface area (Å²) in [6, 6.07) is 10.2.